The average molecular weight is 467 g/mol. The molecule has 1 fully saturated rings. The van der Waals surface area contributed by atoms with E-state index in [1.165, 1.54) is 21.1 Å². The molecule has 1 aliphatic carbocycles. The smallest absolute Gasteiger partial charge is 0.319 e. The lowest BCUT2D eigenvalue weighted by Crippen LogP contribution is -2.47. The molecule has 3 heterocycles. The normalized spacial score (nSPS) is 19.9. The number of anilines is 1. The van der Waals surface area contributed by atoms with Crippen molar-refractivity contribution in [1.82, 2.24) is 15.2 Å². The molecule has 7 nitrogen and oxygen atoms in total. The Hall–Kier alpha value is -3.04. The molecular weight excluding hydrogens is 444 g/mol. The highest BCUT2D eigenvalue weighted by atomic mass is 32.1. The van der Waals surface area contributed by atoms with Crippen LogP contribution in [0.25, 0.3) is 11.3 Å². The second kappa shape index (κ2) is 7.83. The Kier molecular flexibility index (Phi) is 5.10. The molecular formula is C23H22N4O3S2. The van der Waals surface area contributed by atoms with E-state index in [1.54, 1.807) is 11.3 Å². The van der Waals surface area contributed by atoms with E-state index in [1.807, 2.05) is 43.5 Å². The molecule has 32 heavy (non-hydrogen) atoms. The van der Waals surface area contributed by atoms with Gasteiger partial charge in [-0.3, -0.25) is 14.5 Å². The van der Waals surface area contributed by atoms with Crippen molar-refractivity contribution in [3.63, 3.8) is 0 Å². The van der Waals surface area contributed by atoms with Crippen LogP contribution in [-0.4, -0.2) is 34.3 Å². The summed E-state index contributed by atoms with van der Waals surface area (Å²) in [5, 5.41) is 7.95. The van der Waals surface area contributed by atoms with Crippen LogP contribution >= 0.6 is 22.7 Å². The Bertz CT molecular complexity index is 1250. The number of urea groups is 1. The molecule has 5 rings (SSSR count). The van der Waals surface area contributed by atoms with Gasteiger partial charge in [0.05, 0.1) is 5.69 Å². The van der Waals surface area contributed by atoms with E-state index in [4.69, 9.17) is 0 Å². The zero-order chi connectivity index (χ0) is 22.5. The number of hydrogen-bond donors (Lipinski definition) is 2. The van der Waals surface area contributed by atoms with E-state index in [-0.39, 0.29) is 12.5 Å². The summed E-state index contributed by atoms with van der Waals surface area (Å²) in [5.74, 6) is -0.817. The summed E-state index contributed by atoms with van der Waals surface area (Å²) >= 11 is 3.02. The second-order valence-corrected chi connectivity index (χ2v) is 10.5. The van der Waals surface area contributed by atoms with Crippen LogP contribution in [0, 0.1) is 13.8 Å². The third kappa shape index (κ3) is 3.41. The van der Waals surface area contributed by atoms with Crippen LogP contribution in [0.3, 0.4) is 0 Å². The number of fused-ring (bicyclic) bond motifs is 2. The number of nitrogens with zero attached hydrogens (tertiary/aromatic N) is 2. The molecule has 1 unspecified atom stereocenters. The van der Waals surface area contributed by atoms with Crippen LogP contribution < -0.4 is 10.6 Å². The van der Waals surface area contributed by atoms with E-state index >= 15 is 0 Å². The van der Waals surface area contributed by atoms with Crippen LogP contribution in [-0.2, 0) is 21.5 Å². The molecule has 2 N–H and O–H groups in total. The number of amides is 4. The number of benzene rings is 1. The van der Waals surface area contributed by atoms with Gasteiger partial charge in [0.1, 0.15) is 12.1 Å². The minimum atomic E-state index is -1.07. The van der Waals surface area contributed by atoms with Crippen molar-refractivity contribution < 1.29 is 14.4 Å². The van der Waals surface area contributed by atoms with Crippen LogP contribution in [0.2, 0.25) is 0 Å². The van der Waals surface area contributed by atoms with Gasteiger partial charge >= 0.3 is 6.03 Å². The lowest BCUT2D eigenvalue weighted by molar-refractivity contribution is -0.134. The molecule has 2 aliphatic rings. The highest BCUT2D eigenvalue weighted by molar-refractivity contribution is 7.14. The van der Waals surface area contributed by atoms with Crippen molar-refractivity contribution in [3.8, 4) is 11.3 Å². The number of nitrogens with one attached hydrogen (secondary N) is 2. The second-order valence-electron chi connectivity index (χ2n) is 8.15. The van der Waals surface area contributed by atoms with Crippen molar-refractivity contribution in [2.75, 3.05) is 11.9 Å². The predicted octanol–water partition coefficient (Wildman–Crippen LogP) is 4.21. The van der Waals surface area contributed by atoms with Crippen molar-refractivity contribution in [1.29, 1.82) is 0 Å². The number of carbonyl (C=O) groups is 3. The molecule has 1 atom stereocenters. The van der Waals surface area contributed by atoms with Crippen LogP contribution in [0.1, 0.15) is 33.7 Å². The number of imide groups is 1. The number of hydrogen-bond acceptors (Lipinski definition) is 6. The van der Waals surface area contributed by atoms with Crippen molar-refractivity contribution >= 4 is 45.7 Å². The van der Waals surface area contributed by atoms with Crippen molar-refractivity contribution in [2.24, 2.45) is 0 Å². The number of rotatable bonds is 4. The first-order valence-corrected chi connectivity index (χ1v) is 12.1. The molecule has 0 radical (unpaired) electrons. The first-order valence-electron chi connectivity index (χ1n) is 10.4. The van der Waals surface area contributed by atoms with Gasteiger partial charge in [-0.15, -0.1) is 22.7 Å². The van der Waals surface area contributed by atoms with E-state index in [9.17, 15) is 14.4 Å². The molecule has 9 heteroatoms. The maximum Gasteiger partial charge on any atom is 0.325 e. The Labute approximate surface area is 193 Å². The molecule has 1 aliphatic heterocycles. The summed E-state index contributed by atoms with van der Waals surface area (Å²) in [5.41, 5.74) is 2.68. The fourth-order valence-corrected chi connectivity index (χ4v) is 6.26. The third-order valence-corrected chi connectivity index (χ3v) is 7.74. The third-order valence-electron chi connectivity index (χ3n) is 6.02. The van der Waals surface area contributed by atoms with Crippen molar-refractivity contribution in [2.45, 2.75) is 38.6 Å². The Morgan fingerprint density at radius 2 is 2.09 bits per heavy atom. The molecule has 1 spiro atoms. The SMILES string of the molecule is Cc1cc(-c2csc(NC(=O)CN3C(=O)NC4(CCCc5ccccc54)C3=O)n2)c(C)s1. The quantitative estimate of drug-likeness (QED) is 0.564. The Morgan fingerprint density at radius 1 is 1.28 bits per heavy atom. The van der Waals surface area contributed by atoms with Gasteiger partial charge < -0.3 is 10.6 Å². The van der Waals surface area contributed by atoms with Crippen LogP contribution in [0.5, 0.6) is 0 Å². The summed E-state index contributed by atoms with van der Waals surface area (Å²) < 4.78 is 0. The summed E-state index contributed by atoms with van der Waals surface area (Å²) in [6, 6.07) is 9.23. The lowest BCUT2D eigenvalue weighted by atomic mass is 9.76. The molecule has 2 aromatic heterocycles. The minimum absolute atomic E-state index is 0.347. The van der Waals surface area contributed by atoms with E-state index in [2.05, 4.69) is 21.7 Å². The number of thiophene rings is 1. The number of aromatic nitrogens is 1. The summed E-state index contributed by atoms with van der Waals surface area (Å²) in [4.78, 5) is 46.6. The molecule has 3 aromatic rings. The summed E-state index contributed by atoms with van der Waals surface area (Å²) in [7, 11) is 0. The van der Waals surface area contributed by atoms with Gasteiger partial charge in [-0.1, -0.05) is 24.3 Å². The molecule has 0 saturated carbocycles. The van der Waals surface area contributed by atoms with Crippen molar-refractivity contribution in [3.05, 3.63) is 56.6 Å². The van der Waals surface area contributed by atoms with Gasteiger partial charge in [0.15, 0.2) is 5.13 Å². The van der Waals surface area contributed by atoms with Gasteiger partial charge in [-0.25, -0.2) is 9.78 Å². The van der Waals surface area contributed by atoms with Crippen LogP contribution in [0.15, 0.2) is 35.7 Å². The predicted molar refractivity (Wildman–Crippen MR) is 125 cm³/mol. The maximum absolute atomic E-state index is 13.3. The largest absolute Gasteiger partial charge is 0.325 e. The van der Waals surface area contributed by atoms with Gasteiger partial charge in [0.2, 0.25) is 5.91 Å². The lowest BCUT2D eigenvalue weighted by Gasteiger charge is -2.33. The topological polar surface area (TPSA) is 91.4 Å². The average Bonchev–Trinajstić information content (AvgIpc) is 3.42. The highest BCUT2D eigenvalue weighted by Crippen LogP contribution is 2.40. The molecule has 164 valence electrons. The van der Waals surface area contributed by atoms with E-state index < -0.39 is 17.5 Å². The standard InChI is InChI=1S/C23H22N4O3S2/c1-13-10-16(14(2)32-13)18-12-31-21(24-18)25-19(28)11-27-20(29)23(26-22(27)30)9-5-7-15-6-3-4-8-17(15)23/h3-4,6,8,10,12H,5,7,9,11H2,1-2H3,(H,26,30)(H,24,25,28). The molecule has 1 saturated heterocycles. The van der Waals surface area contributed by atoms with Crippen LogP contribution in [0.4, 0.5) is 9.93 Å². The first-order chi connectivity index (χ1) is 15.4. The molecule has 4 amide bonds. The molecule has 1 aromatic carbocycles. The Balaban J connectivity index is 1.31. The molecule has 0 bridgehead atoms. The highest BCUT2D eigenvalue weighted by Gasteiger charge is 2.54. The minimum Gasteiger partial charge on any atom is -0.319 e. The van der Waals surface area contributed by atoms with Gasteiger partial charge in [-0.05, 0) is 50.3 Å². The number of aryl methyl sites for hydroxylation is 3. The monoisotopic (exact) mass is 466 g/mol. The summed E-state index contributed by atoms with van der Waals surface area (Å²) in [6.45, 7) is 3.74. The number of thiazole rings is 1. The fraction of sp³-hybridized carbons (Fsp3) is 0.304. The fourth-order valence-electron chi connectivity index (χ4n) is 4.60. The zero-order valence-corrected chi connectivity index (χ0v) is 19.4. The maximum atomic E-state index is 13.3. The Morgan fingerprint density at radius 3 is 2.88 bits per heavy atom. The van der Waals surface area contributed by atoms with E-state index in [0.717, 1.165) is 40.1 Å². The zero-order valence-electron chi connectivity index (χ0n) is 17.7. The first kappa shape index (κ1) is 20.8. The van der Waals surface area contributed by atoms with Gasteiger partial charge in [-0.2, -0.15) is 0 Å². The van der Waals surface area contributed by atoms with Gasteiger partial charge in [0.25, 0.3) is 5.91 Å². The summed E-state index contributed by atoms with van der Waals surface area (Å²) in [6.07, 6.45) is 2.20. The number of carbonyl (C=O) groups excluding carboxylic acids is 3. The van der Waals surface area contributed by atoms with Gasteiger partial charge in [0, 0.05) is 20.7 Å². The van der Waals surface area contributed by atoms with E-state index in [0.29, 0.717) is 11.6 Å².